The molecule has 1 fully saturated rings. The lowest BCUT2D eigenvalue weighted by Crippen LogP contribution is -2.31. The maximum absolute atomic E-state index is 12.7. The molecule has 3 rings (SSSR count). The fourth-order valence-corrected chi connectivity index (χ4v) is 4.17. The number of carbonyl (C=O) groups excluding carboxylic acids is 2. The van der Waals surface area contributed by atoms with Crippen molar-refractivity contribution in [2.24, 2.45) is 0 Å². The summed E-state index contributed by atoms with van der Waals surface area (Å²) in [7, 11) is 0. The van der Waals surface area contributed by atoms with Crippen LogP contribution in [-0.4, -0.2) is 23.1 Å². The van der Waals surface area contributed by atoms with Crippen molar-refractivity contribution in [3.8, 4) is 0 Å². The van der Waals surface area contributed by atoms with E-state index >= 15 is 0 Å². The standard InChI is InChI=1S/C22H25BrN2O2/c23-20-5-2-1-4-19(20)21-6-3-15-25(21)22(27)14-13-18(26)12-9-16-7-10-17(24)11-8-16/h1-2,4-5,7-8,10-11,21H,3,6,9,12-15,24H2/t21-/m1/s1. The lowest BCUT2D eigenvalue weighted by atomic mass is 10.0. The lowest BCUT2D eigenvalue weighted by Gasteiger charge is -2.26. The second-order valence-corrected chi connectivity index (χ2v) is 7.90. The molecule has 2 aromatic carbocycles. The zero-order chi connectivity index (χ0) is 19.2. The van der Waals surface area contributed by atoms with E-state index in [2.05, 4.69) is 22.0 Å². The van der Waals surface area contributed by atoms with Crippen molar-refractivity contribution < 1.29 is 9.59 Å². The third kappa shape index (κ3) is 5.19. The molecule has 4 nitrogen and oxygen atoms in total. The van der Waals surface area contributed by atoms with Gasteiger partial charge in [-0.1, -0.05) is 46.3 Å². The van der Waals surface area contributed by atoms with Gasteiger partial charge in [-0.3, -0.25) is 9.59 Å². The highest BCUT2D eigenvalue weighted by Crippen LogP contribution is 2.36. The van der Waals surface area contributed by atoms with Crippen LogP contribution in [0, 0.1) is 0 Å². The second-order valence-electron chi connectivity index (χ2n) is 7.05. The highest BCUT2D eigenvalue weighted by Gasteiger charge is 2.30. The number of ketones is 1. The summed E-state index contributed by atoms with van der Waals surface area (Å²) in [5, 5.41) is 0. The fourth-order valence-electron chi connectivity index (χ4n) is 3.62. The van der Waals surface area contributed by atoms with Gasteiger partial charge in [0, 0.05) is 36.0 Å². The number of halogens is 1. The van der Waals surface area contributed by atoms with Crippen LogP contribution in [0.4, 0.5) is 5.69 Å². The summed E-state index contributed by atoms with van der Waals surface area (Å²) in [5.74, 6) is 0.214. The number of hydrogen-bond donors (Lipinski definition) is 1. The summed E-state index contributed by atoms with van der Waals surface area (Å²) in [4.78, 5) is 26.8. The molecule has 0 unspecified atom stereocenters. The van der Waals surface area contributed by atoms with Gasteiger partial charge in [0.25, 0.3) is 0 Å². The Balaban J connectivity index is 1.50. The molecule has 142 valence electrons. The number of hydrogen-bond acceptors (Lipinski definition) is 3. The lowest BCUT2D eigenvalue weighted by molar-refractivity contribution is -0.134. The first-order valence-corrected chi connectivity index (χ1v) is 10.2. The Kier molecular flexibility index (Phi) is 6.67. The van der Waals surface area contributed by atoms with Crippen LogP contribution in [-0.2, 0) is 16.0 Å². The van der Waals surface area contributed by atoms with Crippen LogP contribution in [0.2, 0.25) is 0 Å². The monoisotopic (exact) mass is 428 g/mol. The summed E-state index contributed by atoms with van der Waals surface area (Å²) < 4.78 is 1.04. The number of anilines is 1. The van der Waals surface area contributed by atoms with Gasteiger partial charge in [-0.05, 0) is 48.6 Å². The number of benzene rings is 2. The van der Waals surface area contributed by atoms with Gasteiger partial charge < -0.3 is 10.6 Å². The van der Waals surface area contributed by atoms with Crippen LogP contribution < -0.4 is 5.73 Å². The van der Waals surface area contributed by atoms with Crippen molar-refractivity contribution in [3.05, 3.63) is 64.1 Å². The molecule has 2 N–H and O–H groups in total. The van der Waals surface area contributed by atoms with Crippen molar-refractivity contribution >= 4 is 33.3 Å². The Hall–Kier alpha value is -2.14. The number of aryl methyl sites for hydroxylation is 1. The van der Waals surface area contributed by atoms with E-state index in [1.54, 1.807) is 0 Å². The molecule has 27 heavy (non-hydrogen) atoms. The molecular formula is C22H25BrN2O2. The maximum Gasteiger partial charge on any atom is 0.223 e. The molecule has 1 atom stereocenters. The van der Waals surface area contributed by atoms with E-state index in [1.807, 2.05) is 47.4 Å². The first kappa shape index (κ1) is 19.6. The minimum Gasteiger partial charge on any atom is -0.399 e. The normalized spacial score (nSPS) is 16.5. The van der Waals surface area contributed by atoms with Crippen LogP contribution in [0.5, 0.6) is 0 Å². The third-order valence-corrected chi connectivity index (χ3v) is 5.85. The number of likely N-dealkylation sites (tertiary alicyclic amines) is 1. The van der Waals surface area contributed by atoms with Crippen molar-refractivity contribution in [2.75, 3.05) is 12.3 Å². The molecule has 0 saturated carbocycles. The molecule has 5 heteroatoms. The summed E-state index contributed by atoms with van der Waals surface area (Å²) in [6.45, 7) is 0.768. The summed E-state index contributed by atoms with van der Waals surface area (Å²) in [5.41, 5.74) is 8.64. The number of rotatable bonds is 7. The smallest absolute Gasteiger partial charge is 0.223 e. The summed E-state index contributed by atoms with van der Waals surface area (Å²) in [6, 6.07) is 15.8. The molecule has 0 aliphatic carbocycles. The van der Waals surface area contributed by atoms with Crippen molar-refractivity contribution in [1.82, 2.24) is 4.90 Å². The van der Waals surface area contributed by atoms with Crippen LogP contribution in [0.1, 0.15) is 49.3 Å². The number of nitrogens with two attached hydrogens (primary N) is 1. The van der Waals surface area contributed by atoms with Gasteiger partial charge in [-0.2, -0.15) is 0 Å². The van der Waals surface area contributed by atoms with Crippen molar-refractivity contribution in [3.63, 3.8) is 0 Å². The number of Topliss-reactive ketones (excluding diaryl/α,β-unsaturated/α-hetero) is 1. The molecule has 1 aliphatic heterocycles. The van der Waals surface area contributed by atoms with Crippen LogP contribution in [0.25, 0.3) is 0 Å². The first-order chi connectivity index (χ1) is 13.0. The van der Waals surface area contributed by atoms with Crippen LogP contribution >= 0.6 is 15.9 Å². The minimum absolute atomic E-state index is 0.0779. The second kappa shape index (κ2) is 9.18. The first-order valence-electron chi connectivity index (χ1n) is 9.44. The van der Waals surface area contributed by atoms with E-state index in [4.69, 9.17) is 5.73 Å². The Morgan fingerprint density at radius 3 is 2.52 bits per heavy atom. The van der Waals surface area contributed by atoms with Gasteiger partial charge in [0.05, 0.1) is 6.04 Å². The highest BCUT2D eigenvalue weighted by molar-refractivity contribution is 9.10. The molecule has 0 aromatic heterocycles. The number of nitrogen functional groups attached to an aromatic ring is 1. The fraction of sp³-hybridized carbons (Fsp3) is 0.364. The van der Waals surface area contributed by atoms with Crippen molar-refractivity contribution in [2.45, 2.75) is 44.6 Å². The summed E-state index contributed by atoms with van der Waals surface area (Å²) >= 11 is 3.59. The molecular weight excluding hydrogens is 404 g/mol. The minimum atomic E-state index is 0.0779. The Labute approximate surface area is 168 Å². The van der Waals surface area contributed by atoms with Gasteiger partial charge >= 0.3 is 0 Å². The predicted octanol–water partition coefficient (Wildman–Crippen LogP) is 4.68. The Morgan fingerprint density at radius 1 is 1.04 bits per heavy atom. The molecule has 1 aliphatic rings. The number of carbonyl (C=O) groups is 2. The number of nitrogens with zero attached hydrogens (tertiary/aromatic N) is 1. The zero-order valence-electron chi connectivity index (χ0n) is 15.4. The molecule has 0 spiro atoms. The van der Waals surface area contributed by atoms with Crippen molar-refractivity contribution in [1.29, 1.82) is 0 Å². The zero-order valence-corrected chi connectivity index (χ0v) is 17.0. The molecule has 1 heterocycles. The van der Waals surface area contributed by atoms with Gasteiger partial charge in [-0.25, -0.2) is 0 Å². The van der Waals surface area contributed by atoms with Gasteiger partial charge in [-0.15, -0.1) is 0 Å². The maximum atomic E-state index is 12.7. The number of amides is 1. The SMILES string of the molecule is Nc1ccc(CCC(=O)CCC(=O)N2CCC[C@@H]2c2ccccc2Br)cc1. The largest absolute Gasteiger partial charge is 0.399 e. The van der Waals surface area contributed by atoms with E-state index in [0.717, 1.165) is 40.7 Å². The topological polar surface area (TPSA) is 63.4 Å². The predicted molar refractivity (Wildman–Crippen MR) is 111 cm³/mol. The highest BCUT2D eigenvalue weighted by atomic mass is 79.9. The molecule has 0 radical (unpaired) electrons. The quantitative estimate of drug-likeness (QED) is 0.651. The molecule has 1 saturated heterocycles. The average Bonchev–Trinajstić information content (AvgIpc) is 3.15. The van der Waals surface area contributed by atoms with E-state index in [0.29, 0.717) is 25.7 Å². The van der Waals surface area contributed by atoms with Crippen LogP contribution in [0.15, 0.2) is 53.0 Å². The molecule has 0 bridgehead atoms. The molecule has 1 amide bonds. The van der Waals surface area contributed by atoms with Gasteiger partial charge in [0.2, 0.25) is 5.91 Å². The van der Waals surface area contributed by atoms with E-state index in [1.165, 1.54) is 0 Å². The Bertz CT molecular complexity index is 804. The van der Waals surface area contributed by atoms with Gasteiger partial charge in [0.15, 0.2) is 0 Å². The van der Waals surface area contributed by atoms with E-state index < -0.39 is 0 Å². The van der Waals surface area contributed by atoms with Gasteiger partial charge in [0.1, 0.15) is 5.78 Å². The van der Waals surface area contributed by atoms with Crippen LogP contribution in [0.3, 0.4) is 0 Å². The molecule has 2 aromatic rings. The summed E-state index contributed by atoms with van der Waals surface area (Å²) in [6.07, 6.45) is 3.73. The van der Waals surface area contributed by atoms with E-state index in [-0.39, 0.29) is 17.7 Å². The average molecular weight is 429 g/mol. The van der Waals surface area contributed by atoms with E-state index in [9.17, 15) is 9.59 Å². The Morgan fingerprint density at radius 2 is 1.78 bits per heavy atom. The third-order valence-electron chi connectivity index (χ3n) is 5.13.